The molecule has 1 aromatic carbocycles. The molecule has 0 spiro atoms. The molecular formula is C40H57N7O12S. The normalized spacial score (nSPS) is 13.2. The monoisotopic (exact) mass is 859 g/mol. The first-order chi connectivity index (χ1) is 27.6. The number of aryl methyl sites for hydroxylation is 1. The molecule has 1 unspecified atom stereocenters. The average molecular weight is 860 g/mol. The summed E-state index contributed by atoms with van der Waals surface area (Å²) in [5, 5.41) is 20.2. The van der Waals surface area contributed by atoms with Crippen LogP contribution >= 0.6 is 11.3 Å². The van der Waals surface area contributed by atoms with Gasteiger partial charge >= 0.3 is 30.2 Å². The highest BCUT2D eigenvalue weighted by molar-refractivity contribution is 7.14. The Morgan fingerprint density at radius 2 is 1.42 bits per heavy atom. The number of carbonyl (C=O) groups excluding carboxylic acids is 4. The Kier molecular flexibility index (Phi) is 16.1. The highest BCUT2D eigenvalue weighted by atomic mass is 32.1. The van der Waals surface area contributed by atoms with E-state index >= 15 is 0 Å². The van der Waals surface area contributed by atoms with Gasteiger partial charge < -0.3 is 48.1 Å². The summed E-state index contributed by atoms with van der Waals surface area (Å²) in [6, 6.07) is 6.81. The number of ether oxygens (including phenoxy) is 5. The minimum absolute atomic E-state index is 0.0510. The first kappa shape index (κ1) is 48.4. The molecule has 2 aromatic heterocycles. The Bertz CT molecular complexity index is 2090. The highest BCUT2D eigenvalue weighted by Gasteiger charge is 2.30. The Morgan fingerprint density at radius 1 is 0.833 bits per heavy atom. The van der Waals surface area contributed by atoms with Crippen LogP contribution in [0.4, 0.5) is 19.5 Å². The number of carboxylic acid groups (broad SMARTS) is 1. The lowest BCUT2D eigenvalue weighted by Crippen LogP contribution is -2.37. The van der Waals surface area contributed by atoms with Crippen molar-refractivity contribution in [2.24, 2.45) is 17.2 Å². The van der Waals surface area contributed by atoms with Crippen LogP contribution in [0.15, 0.2) is 46.0 Å². The summed E-state index contributed by atoms with van der Waals surface area (Å²) in [6.45, 7) is 20.9. The third-order valence-electron chi connectivity index (χ3n) is 7.07. The molecule has 0 aliphatic heterocycles. The van der Waals surface area contributed by atoms with Crippen molar-refractivity contribution in [1.82, 2.24) is 19.4 Å². The molecule has 2 heterocycles. The van der Waals surface area contributed by atoms with Crippen LogP contribution in [0.25, 0.3) is 11.3 Å². The number of carbonyl (C=O) groups is 5. The van der Waals surface area contributed by atoms with Gasteiger partial charge in [-0.25, -0.2) is 29.0 Å². The van der Waals surface area contributed by atoms with Crippen LogP contribution in [0, 0.1) is 0 Å². The second kappa shape index (κ2) is 19.9. The highest BCUT2D eigenvalue weighted by Crippen LogP contribution is 2.23. The molecule has 3 aromatic rings. The summed E-state index contributed by atoms with van der Waals surface area (Å²) in [6.07, 6.45) is -1.29. The van der Waals surface area contributed by atoms with E-state index < -0.39 is 71.0 Å². The number of anilines is 1. The zero-order valence-electron chi connectivity index (χ0n) is 36.5. The number of alkyl carbamates (subject to hydrolysis) is 1. The van der Waals surface area contributed by atoms with Crippen LogP contribution in [0.1, 0.15) is 95.2 Å². The number of aromatic nitrogens is 3. The number of oxime groups is 1. The van der Waals surface area contributed by atoms with Gasteiger partial charge in [-0.2, -0.15) is 0 Å². The quantitative estimate of drug-likeness (QED) is 0.0508. The van der Waals surface area contributed by atoms with Gasteiger partial charge in [0.15, 0.2) is 5.13 Å². The van der Waals surface area contributed by atoms with E-state index in [1.807, 2.05) is 6.20 Å². The minimum atomic E-state index is -1.51. The molecule has 0 saturated heterocycles. The Balaban J connectivity index is 1.84. The molecule has 0 radical (unpaired) electrons. The van der Waals surface area contributed by atoms with Crippen molar-refractivity contribution in [1.29, 1.82) is 0 Å². The molecule has 3 rings (SSSR count). The van der Waals surface area contributed by atoms with Crippen molar-refractivity contribution in [3.63, 3.8) is 0 Å². The Hall–Kier alpha value is -5.92. The van der Waals surface area contributed by atoms with Crippen molar-refractivity contribution < 1.29 is 57.6 Å². The number of esters is 1. The number of carboxylic acids is 1. The molecule has 330 valence electrons. The van der Waals surface area contributed by atoms with E-state index in [4.69, 9.17) is 28.5 Å². The number of hydrogen-bond donors (Lipinski definition) is 3. The molecule has 60 heavy (non-hydrogen) atoms. The lowest BCUT2D eigenvalue weighted by atomic mass is 10.1. The number of nitrogens with zero attached hydrogens (tertiary/aromatic N) is 5. The van der Waals surface area contributed by atoms with Crippen LogP contribution in [0.5, 0.6) is 5.75 Å². The number of thiazole rings is 1. The van der Waals surface area contributed by atoms with E-state index in [9.17, 15) is 29.1 Å². The molecule has 1 atom stereocenters. The molecule has 20 heteroatoms. The lowest BCUT2D eigenvalue weighted by molar-refractivity contribution is -0.170. The third-order valence-corrected chi connectivity index (χ3v) is 7.83. The molecule has 3 amide bonds. The third kappa shape index (κ3) is 16.7. The Labute approximate surface area is 353 Å². The van der Waals surface area contributed by atoms with E-state index in [0.717, 1.165) is 16.9 Å². The molecular weight excluding hydrogens is 803 g/mol. The predicted octanol–water partition coefficient (Wildman–Crippen LogP) is 6.64. The van der Waals surface area contributed by atoms with Crippen molar-refractivity contribution in [3.05, 3.63) is 47.2 Å². The smallest absolute Gasteiger partial charge is 0.437 e. The predicted molar refractivity (Wildman–Crippen MR) is 222 cm³/mol. The summed E-state index contributed by atoms with van der Waals surface area (Å²) in [5.74, 6) is -2.05. The van der Waals surface area contributed by atoms with Crippen LogP contribution in [0.3, 0.4) is 0 Å². The summed E-state index contributed by atoms with van der Waals surface area (Å²) < 4.78 is 30.9. The van der Waals surface area contributed by atoms with Crippen LogP contribution in [0.2, 0.25) is 0 Å². The fourth-order valence-electron chi connectivity index (χ4n) is 4.83. The average Bonchev–Trinajstić information content (AvgIpc) is 3.64. The summed E-state index contributed by atoms with van der Waals surface area (Å²) in [5.41, 5.74) is -2.17. The number of aliphatic carboxylic acids is 1. The van der Waals surface area contributed by atoms with Gasteiger partial charge in [-0.05, 0) is 119 Å². The van der Waals surface area contributed by atoms with E-state index in [1.54, 1.807) is 124 Å². The summed E-state index contributed by atoms with van der Waals surface area (Å²) in [4.78, 5) is 76.3. The second-order valence-corrected chi connectivity index (χ2v) is 18.2. The first-order valence-corrected chi connectivity index (χ1v) is 19.9. The van der Waals surface area contributed by atoms with Crippen LogP contribution in [-0.2, 0) is 47.0 Å². The largest absolute Gasteiger partial charge is 0.489 e. The van der Waals surface area contributed by atoms with Crippen molar-refractivity contribution >= 4 is 52.4 Å². The van der Waals surface area contributed by atoms with E-state index in [-0.39, 0.29) is 10.8 Å². The van der Waals surface area contributed by atoms with Crippen LogP contribution < -0.4 is 21.0 Å². The van der Waals surface area contributed by atoms with Gasteiger partial charge in [-0.15, -0.1) is 16.3 Å². The number of imidazole rings is 1. The summed E-state index contributed by atoms with van der Waals surface area (Å²) >= 11 is 0.933. The fraction of sp³-hybridized carbons (Fsp3) is 0.550. The molecule has 0 aliphatic rings. The van der Waals surface area contributed by atoms with E-state index in [2.05, 4.69) is 25.8 Å². The number of rotatable bonds is 14. The molecule has 0 saturated carbocycles. The molecule has 19 nitrogen and oxygen atoms in total. The lowest BCUT2D eigenvalue weighted by Gasteiger charge is -2.23. The number of amides is 3. The Morgan fingerprint density at radius 3 is 1.98 bits per heavy atom. The van der Waals surface area contributed by atoms with Gasteiger partial charge in [0, 0.05) is 31.7 Å². The molecule has 3 N–H and O–H groups in total. The van der Waals surface area contributed by atoms with Gasteiger partial charge in [0.2, 0.25) is 11.3 Å². The number of hydrogen-bond acceptors (Lipinski definition) is 14. The van der Waals surface area contributed by atoms with E-state index in [0.29, 0.717) is 36.6 Å². The van der Waals surface area contributed by atoms with Gasteiger partial charge in [-0.3, -0.25) is 5.32 Å². The van der Waals surface area contributed by atoms with Gasteiger partial charge in [0.25, 0.3) is 6.10 Å². The number of benzene rings is 1. The maximum Gasteiger partial charge on any atom is 0.437 e. The van der Waals surface area contributed by atoms with Crippen molar-refractivity contribution in [2.75, 3.05) is 18.5 Å². The molecule has 0 bridgehead atoms. The maximum atomic E-state index is 13.2. The van der Waals surface area contributed by atoms with E-state index in [1.165, 1.54) is 5.38 Å². The fourth-order valence-corrected chi connectivity index (χ4v) is 5.51. The maximum absolute atomic E-state index is 13.2. The van der Waals surface area contributed by atoms with Crippen molar-refractivity contribution in [2.45, 2.75) is 125 Å². The zero-order valence-corrected chi connectivity index (χ0v) is 37.3. The van der Waals surface area contributed by atoms with Crippen LogP contribution in [-0.4, -0.2) is 96.8 Å². The first-order valence-electron chi connectivity index (χ1n) is 19.0. The second-order valence-electron chi connectivity index (χ2n) is 17.3. The van der Waals surface area contributed by atoms with Gasteiger partial charge in [0.05, 0.1) is 5.69 Å². The topological polar surface area (TPSA) is 232 Å². The zero-order chi connectivity index (χ0) is 45.2. The molecule has 0 aliphatic carbocycles. The minimum Gasteiger partial charge on any atom is -0.489 e. The SMILES string of the molecule is Cn1c(-c2ccc(OCC(O/N=C(\C(=O)O)c3csc(NC(=O)OC(C)(C)C)n3)C(=O)OC(C)(C)C)cc2)cn(CCCNC(=O)OC(C)(C)C)c1=NC(=O)OC(C)(C)C. The number of nitrogens with one attached hydrogen (secondary N) is 2. The van der Waals surface area contributed by atoms with Gasteiger partial charge in [0.1, 0.15) is 40.5 Å². The van der Waals surface area contributed by atoms with Gasteiger partial charge in [-0.1, -0.05) is 5.16 Å². The standard InChI is InChI=1S/C40H57N7O12S/c1-37(2,3)55-31(50)28(59-45-29(30(48)49)26-23-60-32(42-26)43-35(52)57-39(7,8)9)22-54-25-17-15-24(16-18-25)27-21-47(20-14-19-41-34(51)56-38(4,5)6)33(46(27)13)44-36(53)58-40(10,11)12/h15-18,21,23,28H,14,19-20,22H2,1-13H3,(H,41,51)(H,48,49)(H,42,43,52)/b44-33?,45-29-. The van der Waals surface area contributed by atoms with Crippen molar-refractivity contribution in [3.8, 4) is 17.0 Å². The molecule has 0 fully saturated rings. The summed E-state index contributed by atoms with van der Waals surface area (Å²) in [7, 11) is 1.75.